The molecule has 2 aromatic carbocycles. The predicted molar refractivity (Wildman–Crippen MR) is 104 cm³/mol. The van der Waals surface area contributed by atoms with Crippen LogP contribution >= 0.6 is 0 Å². The van der Waals surface area contributed by atoms with E-state index in [1.807, 2.05) is 48.5 Å². The summed E-state index contributed by atoms with van der Waals surface area (Å²) in [5.41, 5.74) is 7.39. The molecule has 0 aliphatic carbocycles. The van der Waals surface area contributed by atoms with Gasteiger partial charge in [-0.25, -0.2) is 4.98 Å². The zero-order chi connectivity index (χ0) is 19.2. The van der Waals surface area contributed by atoms with Crippen molar-refractivity contribution in [2.75, 3.05) is 0 Å². The van der Waals surface area contributed by atoms with Gasteiger partial charge in [0.25, 0.3) is 5.91 Å². The summed E-state index contributed by atoms with van der Waals surface area (Å²) in [5.74, 6) is -0.933. The van der Waals surface area contributed by atoms with E-state index in [1.54, 1.807) is 0 Å². The first-order valence-corrected chi connectivity index (χ1v) is 8.86. The number of carbonyl (C=O) groups is 2. The SMILES string of the molecule is N#CCCCC[C@H](NC(=O)c1c2ccccc2nc2ccccc12)C(N)=O. The van der Waals surface area contributed by atoms with E-state index >= 15 is 0 Å². The smallest absolute Gasteiger partial charge is 0.253 e. The molecule has 0 radical (unpaired) electrons. The fraction of sp³-hybridized carbons (Fsp3) is 0.238. The van der Waals surface area contributed by atoms with E-state index in [9.17, 15) is 9.59 Å². The lowest BCUT2D eigenvalue weighted by atomic mass is 10.0. The maximum atomic E-state index is 13.1. The van der Waals surface area contributed by atoms with Gasteiger partial charge in [0.15, 0.2) is 0 Å². The highest BCUT2D eigenvalue weighted by Crippen LogP contribution is 2.26. The van der Waals surface area contributed by atoms with E-state index in [0.29, 0.717) is 42.3 Å². The van der Waals surface area contributed by atoms with Crippen LogP contribution in [-0.2, 0) is 4.79 Å². The van der Waals surface area contributed by atoms with Crippen molar-refractivity contribution in [3.8, 4) is 6.07 Å². The molecular formula is C21H20N4O2. The van der Waals surface area contributed by atoms with Gasteiger partial charge in [0.1, 0.15) is 6.04 Å². The van der Waals surface area contributed by atoms with Crippen molar-refractivity contribution in [1.82, 2.24) is 10.3 Å². The van der Waals surface area contributed by atoms with Gasteiger partial charge in [0, 0.05) is 17.2 Å². The first kappa shape index (κ1) is 18.3. The van der Waals surface area contributed by atoms with Crippen LogP contribution < -0.4 is 11.1 Å². The number of nitriles is 1. The Morgan fingerprint density at radius 2 is 1.63 bits per heavy atom. The molecule has 0 aliphatic heterocycles. The van der Waals surface area contributed by atoms with Crippen LogP contribution in [0, 0.1) is 11.3 Å². The average molecular weight is 360 g/mol. The zero-order valence-corrected chi connectivity index (χ0v) is 14.8. The molecule has 6 nitrogen and oxygen atoms in total. The first-order chi connectivity index (χ1) is 13.1. The molecule has 0 unspecified atom stereocenters. The molecule has 0 spiro atoms. The average Bonchev–Trinajstić information content (AvgIpc) is 2.68. The van der Waals surface area contributed by atoms with E-state index in [-0.39, 0.29) is 5.91 Å². The highest BCUT2D eigenvalue weighted by Gasteiger charge is 2.22. The second-order valence-corrected chi connectivity index (χ2v) is 6.35. The monoisotopic (exact) mass is 360 g/mol. The lowest BCUT2D eigenvalue weighted by Gasteiger charge is -2.17. The minimum absolute atomic E-state index is 0.353. The molecule has 6 heteroatoms. The van der Waals surface area contributed by atoms with Crippen molar-refractivity contribution in [1.29, 1.82) is 5.26 Å². The Morgan fingerprint density at radius 1 is 1.04 bits per heavy atom. The van der Waals surface area contributed by atoms with Gasteiger partial charge in [-0.15, -0.1) is 0 Å². The summed E-state index contributed by atoms with van der Waals surface area (Å²) in [4.78, 5) is 29.5. The number of para-hydroxylation sites is 2. The lowest BCUT2D eigenvalue weighted by molar-refractivity contribution is -0.120. The van der Waals surface area contributed by atoms with E-state index in [1.165, 1.54) is 0 Å². The number of nitrogens with two attached hydrogens (primary N) is 1. The summed E-state index contributed by atoms with van der Waals surface area (Å²) < 4.78 is 0. The minimum atomic E-state index is -0.776. The van der Waals surface area contributed by atoms with Crippen molar-refractivity contribution in [2.24, 2.45) is 5.73 Å². The van der Waals surface area contributed by atoms with Crippen LogP contribution in [-0.4, -0.2) is 22.8 Å². The summed E-state index contributed by atoms with van der Waals surface area (Å²) in [6.45, 7) is 0. The molecule has 0 saturated carbocycles. The van der Waals surface area contributed by atoms with E-state index < -0.39 is 11.9 Å². The summed E-state index contributed by atoms with van der Waals surface area (Å²) in [7, 11) is 0. The maximum Gasteiger partial charge on any atom is 0.253 e. The summed E-state index contributed by atoms with van der Waals surface area (Å²) in [6, 6.07) is 16.1. The van der Waals surface area contributed by atoms with Crippen LogP contribution in [0.4, 0.5) is 0 Å². The number of aromatic nitrogens is 1. The third-order valence-corrected chi connectivity index (χ3v) is 4.49. The van der Waals surface area contributed by atoms with Crippen molar-refractivity contribution in [3.05, 3.63) is 54.1 Å². The zero-order valence-electron chi connectivity index (χ0n) is 14.8. The van der Waals surface area contributed by atoms with E-state index in [0.717, 1.165) is 10.8 Å². The van der Waals surface area contributed by atoms with E-state index in [2.05, 4.69) is 16.4 Å². The summed E-state index contributed by atoms with van der Waals surface area (Å²) >= 11 is 0. The van der Waals surface area contributed by atoms with Gasteiger partial charge < -0.3 is 11.1 Å². The standard InChI is InChI=1S/C21H20N4O2/c22-13-7-1-2-12-18(20(23)26)25-21(27)19-14-8-3-5-10-16(14)24-17-11-6-4-9-15(17)19/h3-6,8-11,18H,1-2,7,12H2,(H2,23,26)(H,25,27)/t18-/m0/s1. The number of fused-ring (bicyclic) bond motifs is 2. The molecule has 3 rings (SSSR count). The Hall–Kier alpha value is -3.46. The molecular weight excluding hydrogens is 340 g/mol. The number of unbranched alkanes of at least 4 members (excludes halogenated alkanes) is 2. The molecule has 3 N–H and O–H groups in total. The Morgan fingerprint density at radius 3 is 2.19 bits per heavy atom. The fourth-order valence-electron chi connectivity index (χ4n) is 3.15. The molecule has 1 atom stereocenters. The van der Waals surface area contributed by atoms with Crippen LogP contribution in [0.15, 0.2) is 48.5 Å². The van der Waals surface area contributed by atoms with Gasteiger partial charge >= 0.3 is 0 Å². The quantitative estimate of drug-likeness (QED) is 0.498. The van der Waals surface area contributed by atoms with Gasteiger partial charge in [-0.1, -0.05) is 36.4 Å². The largest absolute Gasteiger partial charge is 0.368 e. The Labute approximate surface area is 157 Å². The number of primary amides is 1. The van der Waals surface area contributed by atoms with Gasteiger partial charge in [-0.2, -0.15) is 5.26 Å². The molecule has 27 heavy (non-hydrogen) atoms. The molecule has 0 aliphatic rings. The van der Waals surface area contributed by atoms with Gasteiger partial charge in [0.05, 0.1) is 22.7 Å². The molecule has 0 saturated heterocycles. The summed E-state index contributed by atoms with van der Waals surface area (Å²) in [5, 5.41) is 12.8. The lowest BCUT2D eigenvalue weighted by Crippen LogP contribution is -2.44. The topological polar surface area (TPSA) is 109 Å². The Kier molecular flexibility index (Phi) is 5.62. The number of amides is 2. The maximum absolute atomic E-state index is 13.1. The number of hydrogen-bond acceptors (Lipinski definition) is 4. The number of benzene rings is 2. The molecule has 2 amide bonds. The van der Waals surface area contributed by atoms with Crippen LogP contribution in [0.1, 0.15) is 36.0 Å². The number of pyridine rings is 1. The van der Waals surface area contributed by atoms with Crippen molar-refractivity contribution in [3.63, 3.8) is 0 Å². The van der Waals surface area contributed by atoms with Crippen LogP contribution in [0.25, 0.3) is 21.8 Å². The number of carbonyl (C=O) groups excluding carboxylic acids is 2. The molecule has 1 aromatic heterocycles. The van der Waals surface area contributed by atoms with Crippen molar-refractivity contribution >= 4 is 33.6 Å². The van der Waals surface area contributed by atoms with Crippen molar-refractivity contribution in [2.45, 2.75) is 31.7 Å². The van der Waals surface area contributed by atoms with Crippen LogP contribution in [0.3, 0.4) is 0 Å². The predicted octanol–water partition coefficient (Wildman–Crippen LogP) is 3.06. The number of rotatable bonds is 7. The molecule has 0 bridgehead atoms. The van der Waals surface area contributed by atoms with Crippen LogP contribution in [0.2, 0.25) is 0 Å². The van der Waals surface area contributed by atoms with Gasteiger partial charge in [-0.3, -0.25) is 9.59 Å². The van der Waals surface area contributed by atoms with Crippen LogP contribution in [0.5, 0.6) is 0 Å². The highest BCUT2D eigenvalue weighted by atomic mass is 16.2. The molecule has 1 heterocycles. The molecule has 136 valence electrons. The first-order valence-electron chi connectivity index (χ1n) is 8.86. The number of nitrogens with zero attached hydrogens (tertiary/aromatic N) is 2. The van der Waals surface area contributed by atoms with Gasteiger partial charge in [-0.05, 0) is 31.4 Å². The van der Waals surface area contributed by atoms with Gasteiger partial charge in [0.2, 0.25) is 5.91 Å². The van der Waals surface area contributed by atoms with E-state index in [4.69, 9.17) is 11.0 Å². The highest BCUT2D eigenvalue weighted by molar-refractivity contribution is 6.16. The normalized spacial score (nSPS) is 11.8. The molecule has 0 fully saturated rings. The number of hydrogen-bond donors (Lipinski definition) is 2. The molecule has 3 aromatic rings. The Balaban J connectivity index is 1.96. The van der Waals surface area contributed by atoms with Crippen molar-refractivity contribution < 1.29 is 9.59 Å². The summed E-state index contributed by atoms with van der Waals surface area (Å²) in [6.07, 6.45) is 2.12. The Bertz CT molecular complexity index is 985. The minimum Gasteiger partial charge on any atom is -0.368 e. The number of nitrogens with one attached hydrogen (secondary N) is 1. The second kappa shape index (κ2) is 8.28. The third-order valence-electron chi connectivity index (χ3n) is 4.49. The third kappa shape index (κ3) is 4.04. The fourth-order valence-corrected chi connectivity index (χ4v) is 3.15. The second-order valence-electron chi connectivity index (χ2n) is 6.35.